The van der Waals surface area contributed by atoms with E-state index in [-0.39, 0.29) is 5.91 Å². The fourth-order valence-electron chi connectivity index (χ4n) is 2.49. The number of carbonyl (C=O) groups is 1. The highest BCUT2D eigenvalue weighted by molar-refractivity contribution is 7.15. The van der Waals surface area contributed by atoms with Crippen LogP contribution in [0.3, 0.4) is 0 Å². The maximum Gasteiger partial charge on any atom is 0.240 e. The normalized spacial score (nSPS) is 13.7. The topological polar surface area (TPSA) is 54.0 Å². The molecule has 0 radical (unpaired) electrons. The van der Waals surface area contributed by atoms with E-state index in [1.807, 2.05) is 30.3 Å². The van der Waals surface area contributed by atoms with Gasteiger partial charge in [0.2, 0.25) is 5.91 Å². The molecular formula is C16H19N3OS. The SMILES string of the molecule is O=C(CNCc1ccccc1)Nc1nc2c(s1)CCCC2. The number of fused-ring (bicyclic) bond motifs is 1. The second-order valence-electron chi connectivity index (χ2n) is 5.23. The lowest BCUT2D eigenvalue weighted by atomic mass is 10.0. The van der Waals surface area contributed by atoms with Crippen LogP contribution in [0.15, 0.2) is 30.3 Å². The zero-order valence-corrected chi connectivity index (χ0v) is 12.7. The van der Waals surface area contributed by atoms with Gasteiger partial charge in [0.25, 0.3) is 0 Å². The molecule has 1 heterocycles. The van der Waals surface area contributed by atoms with Crippen LogP contribution < -0.4 is 10.6 Å². The molecule has 1 aliphatic carbocycles. The number of aryl methyl sites for hydroxylation is 2. The van der Waals surface area contributed by atoms with Gasteiger partial charge in [-0.1, -0.05) is 30.3 Å². The number of nitrogens with one attached hydrogen (secondary N) is 2. The van der Waals surface area contributed by atoms with Gasteiger partial charge in [-0.05, 0) is 31.2 Å². The molecule has 21 heavy (non-hydrogen) atoms. The molecule has 2 N–H and O–H groups in total. The van der Waals surface area contributed by atoms with Crippen molar-refractivity contribution >= 4 is 22.4 Å². The average molecular weight is 301 g/mol. The summed E-state index contributed by atoms with van der Waals surface area (Å²) in [5, 5.41) is 6.78. The molecule has 1 aliphatic rings. The third-order valence-electron chi connectivity index (χ3n) is 3.55. The van der Waals surface area contributed by atoms with E-state index in [1.54, 1.807) is 11.3 Å². The summed E-state index contributed by atoms with van der Waals surface area (Å²) in [4.78, 5) is 17.8. The Morgan fingerprint density at radius 2 is 2.00 bits per heavy atom. The van der Waals surface area contributed by atoms with Gasteiger partial charge in [0.1, 0.15) is 0 Å². The summed E-state index contributed by atoms with van der Waals surface area (Å²) < 4.78 is 0. The van der Waals surface area contributed by atoms with Crippen molar-refractivity contribution in [3.05, 3.63) is 46.5 Å². The van der Waals surface area contributed by atoms with Crippen molar-refractivity contribution in [1.29, 1.82) is 0 Å². The molecule has 1 aromatic heterocycles. The first-order chi connectivity index (χ1) is 10.3. The minimum atomic E-state index is -0.0305. The van der Waals surface area contributed by atoms with Crippen molar-refractivity contribution < 1.29 is 4.79 Å². The van der Waals surface area contributed by atoms with Crippen molar-refractivity contribution in [3.63, 3.8) is 0 Å². The number of aromatic nitrogens is 1. The van der Waals surface area contributed by atoms with Gasteiger partial charge in [-0.2, -0.15) is 0 Å². The van der Waals surface area contributed by atoms with E-state index < -0.39 is 0 Å². The van der Waals surface area contributed by atoms with Gasteiger partial charge in [-0.25, -0.2) is 4.98 Å². The Balaban J connectivity index is 1.47. The Kier molecular flexibility index (Phi) is 4.62. The van der Waals surface area contributed by atoms with Crippen molar-refractivity contribution in [2.24, 2.45) is 0 Å². The zero-order chi connectivity index (χ0) is 14.5. The number of thiazole rings is 1. The van der Waals surface area contributed by atoms with Gasteiger partial charge >= 0.3 is 0 Å². The van der Waals surface area contributed by atoms with Gasteiger partial charge in [-0.3, -0.25) is 4.79 Å². The molecular weight excluding hydrogens is 282 g/mol. The van der Waals surface area contributed by atoms with E-state index in [0.717, 1.165) is 18.0 Å². The van der Waals surface area contributed by atoms with Gasteiger partial charge in [0.15, 0.2) is 5.13 Å². The van der Waals surface area contributed by atoms with Crippen molar-refractivity contribution in [1.82, 2.24) is 10.3 Å². The lowest BCUT2D eigenvalue weighted by Crippen LogP contribution is -2.27. The van der Waals surface area contributed by atoms with Gasteiger partial charge in [-0.15, -0.1) is 11.3 Å². The predicted octanol–water partition coefficient (Wildman–Crippen LogP) is 2.75. The number of carbonyl (C=O) groups excluding carboxylic acids is 1. The summed E-state index contributed by atoms with van der Waals surface area (Å²) in [6, 6.07) is 10.1. The first-order valence-electron chi connectivity index (χ1n) is 7.34. The summed E-state index contributed by atoms with van der Waals surface area (Å²) in [5.74, 6) is -0.0305. The Labute approximate surface area is 128 Å². The Morgan fingerprint density at radius 1 is 1.19 bits per heavy atom. The molecule has 0 aliphatic heterocycles. The number of benzene rings is 1. The molecule has 1 aromatic carbocycles. The molecule has 0 unspecified atom stereocenters. The van der Waals surface area contributed by atoms with Crippen LogP contribution in [0, 0.1) is 0 Å². The number of amides is 1. The first kappa shape index (κ1) is 14.2. The van der Waals surface area contributed by atoms with Crippen LogP contribution in [0.4, 0.5) is 5.13 Å². The molecule has 0 fully saturated rings. The lowest BCUT2D eigenvalue weighted by Gasteiger charge is -2.06. The molecule has 0 spiro atoms. The van der Waals surface area contributed by atoms with Crippen molar-refractivity contribution in [2.75, 3.05) is 11.9 Å². The van der Waals surface area contributed by atoms with Crippen LogP contribution in [-0.2, 0) is 24.2 Å². The van der Waals surface area contributed by atoms with E-state index in [4.69, 9.17) is 0 Å². The van der Waals surface area contributed by atoms with Gasteiger partial charge in [0.05, 0.1) is 12.2 Å². The van der Waals surface area contributed by atoms with Crippen LogP contribution in [0.2, 0.25) is 0 Å². The highest BCUT2D eigenvalue weighted by Crippen LogP contribution is 2.29. The second kappa shape index (κ2) is 6.83. The van der Waals surface area contributed by atoms with E-state index in [2.05, 4.69) is 15.6 Å². The fraction of sp³-hybridized carbons (Fsp3) is 0.375. The summed E-state index contributed by atoms with van der Waals surface area (Å²) >= 11 is 1.62. The standard InChI is InChI=1S/C16H19N3OS/c20-15(11-17-10-12-6-2-1-3-7-12)19-16-18-13-8-4-5-9-14(13)21-16/h1-3,6-7,17H,4-5,8-11H2,(H,18,19,20). The van der Waals surface area contributed by atoms with Gasteiger partial charge in [0, 0.05) is 11.4 Å². The molecule has 3 rings (SSSR count). The molecule has 0 saturated heterocycles. The summed E-state index contributed by atoms with van der Waals surface area (Å²) in [5.41, 5.74) is 2.36. The van der Waals surface area contributed by atoms with Crippen molar-refractivity contribution in [3.8, 4) is 0 Å². The lowest BCUT2D eigenvalue weighted by molar-refractivity contribution is -0.115. The minimum absolute atomic E-state index is 0.0305. The quantitative estimate of drug-likeness (QED) is 0.893. The molecule has 0 atom stereocenters. The molecule has 4 nitrogen and oxygen atoms in total. The highest BCUT2D eigenvalue weighted by Gasteiger charge is 2.16. The molecule has 2 aromatic rings. The molecule has 5 heteroatoms. The van der Waals surface area contributed by atoms with Gasteiger partial charge < -0.3 is 10.6 Å². The summed E-state index contributed by atoms with van der Waals surface area (Å²) in [7, 11) is 0. The van der Waals surface area contributed by atoms with Crippen LogP contribution in [-0.4, -0.2) is 17.4 Å². The average Bonchev–Trinajstić information content (AvgIpc) is 2.90. The second-order valence-corrected chi connectivity index (χ2v) is 6.32. The minimum Gasteiger partial charge on any atom is -0.304 e. The maximum atomic E-state index is 11.9. The van der Waals surface area contributed by atoms with Crippen LogP contribution in [0.5, 0.6) is 0 Å². The van der Waals surface area contributed by atoms with Crippen molar-refractivity contribution in [2.45, 2.75) is 32.2 Å². The molecule has 1 amide bonds. The molecule has 110 valence electrons. The zero-order valence-electron chi connectivity index (χ0n) is 11.9. The number of hydrogen-bond acceptors (Lipinski definition) is 4. The van der Waals surface area contributed by atoms with E-state index in [0.29, 0.717) is 13.1 Å². The Hall–Kier alpha value is -1.72. The molecule has 0 bridgehead atoms. The van der Waals surface area contributed by atoms with E-state index >= 15 is 0 Å². The highest BCUT2D eigenvalue weighted by atomic mass is 32.1. The first-order valence-corrected chi connectivity index (χ1v) is 8.16. The summed E-state index contributed by atoms with van der Waals surface area (Å²) in [6.45, 7) is 1.00. The number of rotatable bonds is 5. The predicted molar refractivity (Wildman–Crippen MR) is 85.5 cm³/mol. The molecule has 0 saturated carbocycles. The van der Waals surface area contributed by atoms with Crippen LogP contribution in [0.25, 0.3) is 0 Å². The number of hydrogen-bond donors (Lipinski definition) is 2. The number of nitrogens with zero attached hydrogens (tertiary/aromatic N) is 1. The third-order valence-corrected chi connectivity index (χ3v) is 4.62. The maximum absolute atomic E-state index is 11.9. The Bertz CT molecular complexity index is 586. The Morgan fingerprint density at radius 3 is 2.81 bits per heavy atom. The number of anilines is 1. The monoisotopic (exact) mass is 301 g/mol. The van der Waals surface area contributed by atoms with Crippen LogP contribution in [0.1, 0.15) is 29.0 Å². The smallest absolute Gasteiger partial charge is 0.240 e. The third kappa shape index (κ3) is 3.89. The largest absolute Gasteiger partial charge is 0.304 e. The van der Waals surface area contributed by atoms with E-state index in [9.17, 15) is 4.79 Å². The van der Waals surface area contributed by atoms with E-state index in [1.165, 1.54) is 29.0 Å². The summed E-state index contributed by atoms with van der Waals surface area (Å²) in [6.07, 6.45) is 4.60. The van der Waals surface area contributed by atoms with Crippen LogP contribution >= 0.6 is 11.3 Å². The fourth-order valence-corrected chi connectivity index (χ4v) is 3.55.